The van der Waals surface area contributed by atoms with Gasteiger partial charge in [-0.1, -0.05) is 0 Å². The Hall–Kier alpha value is -1.14. The van der Waals surface area contributed by atoms with E-state index in [1.807, 2.05) is 5.32 Å². The van der Waals surface area contributed by atoms with Crippen molar-refractivity contribution in [3.05, 3.63) is 0 Å². The predicted octanol–water partition coefficient (Wildman–Crippen LogP) is -1.89. The van der Waals surface area contributed by atoms with Crippen molar-refractivity contribution in [2.24, 2.45) is 11.5 Å². The van der Waals surface area contributed by atoms with E-state index in [1.54, 1.807) is 0 Å². The van der Waals surface area contributed by atoms with E-state index in [2.05, 4.69) is 0 Å². The van der Waals surface area contributed by atoms with Crippen LogP contribution in [0.1, 0.15) is 0 Å². The molecule has 1 atom stereocenters. The molecule has 6 heteroatoms. The number of nitrogens with one attached hydrogen (secondary N) is 1. The highest BCUT2D eigenvalue weighted by Crippen LogP contribution is 1.76. The Labute approximate surface area is 63.5 Å². The van der Waals surface area contributed by atoms with Crippen LogP contribution in [0.5, 0.6) is 0 Å². The van der Waals surface area contributed by atoms with Gasteiger partial charge in [-0.05, 0) is 0 Å². The first-order valence-electron chi connectivity index (χ1n) is 3.03. The van der Waals surface area contributed by atoms with E-state index in [0.717, 1.165) is 0 Å². The summed E-state index contributed by atoms with van der Waals surface area (Å²) < 4.78 is 0. The Bertz CT molecular complexity index is 159. The summed E-state index contributed by atoms with van der Waals surface area (Å²) in [6.45, 7) is -0.256. The van der Waals surface area contributed by atoms with Crippen LogP contribution in [-0.2, 0) is 4.79 Å². The van der Waals surface area contributed by atoms with Gasteiger partial charge >= 0.3 is 6.09 Å². The molecule has 0 aliphatic rings. The minimum atomic E-state index is -1.25. The van der Waals surface area contributed by atoms with Crippen molar-refractivity contribution in [2.45, 2.75) is 6.04 Å². The van der Waals surface area contributed by atoms with Crippen molar-refractivity contribution >= 4 is 11.9 Å². The molecule has 0 aromatic rings. The molecule has 64 valence electrons. The second-order valence-corrected chi connectivity index (χ2v) is 1.97. The van der Waals surface area contributed by atoms with Gasteiger partial charge in [0.05, 0.1) is 12.6 Å². The molecule has 6 nitrogen and oxygen atoms in total. The number of nitrogens with two attached hydrogens (primary N) is 2. The lowest BCUT2D eigenvalue weighted by Gasteiger charge is -2.05. The monoisotopic (exact) mass is 161 g/mol. The van der Waals surface area contributed by atoms with Gasteiger partial charge in [-0.25, -0.2) is 4.79 Å². The number of carbonyl (C=O) groups excluding carboxylic acids is 1. The van der Waals surface area contributed by atoms with Crippen LogP contribution in [0.4, 0.5) is 4.79 Å². The lowest BCUT2D eigenvalue weighted by atomic mass is 10.2. The van der Waals surface area contributed by atoms with Crippen LogP contribution in [-0.4, -0.2) is 36.1 Å². The van der Waals surface area contributed by atoms with E-state index < -0.39 is 17.9 Å². The normalized spacial score (nSPS) is 12.2. The van der Waals surface area contributed by atoms with E-state index in [9.17, 15) is 9.59 Å². The quantitative estimate of drug-likeness (QED) is 0.384. The summed E-state index contributed by atoms with van der Waals surface area (Å²) in [4.78, 5) is 20.6. The third kappa shape index (κ3) is 4.29. The largest absolute Gasteiger partial charge is 0.465 e. The Balaban J connectivity index is 3.60. The van der Waals surface area contributed by atoms with Gasteiger partial charge in [0.1, 0.15) is 0 Å². The van der Waals surface area contributed by atoms with E-state index in [-0.39, 0.29) is 13.1 Å². The number of rotatable bonds is 4. The fourth-order valence-corrected chi connectivity index (χ4v) is 0.425. The molecule has 11 heavy (non-hydrogen) atoms. The van der Waals surface area contributed by atoms with Gasteiger partial charge in [-0.3, -0.25) is 4.79 Å². The molecule has 0 radical (unpaired) electrons. The zero-order valence-corrected chi connectivity index (χ0v) is 5.91. The Morgan fingerprint density at radius 3 is 2.45 bits per heavy atom. The van der Waals surface area contributed by atoms with Gasteiger partial charge in [0, 0.05) is 6.54 Å². The minimum absolute atomic E-state index is 0.0279. The van der Waals surface area contributed by atoms with E-state index in [4.69, 9.17) is 16.6 Å². The zero-order valence-electron chi connectivity index (χ0n) is 5.91. The lowest BCUT2D eigenvalue weighted by molar-refractivity contribution is -0.119. The zero-order chi connectivity index (χ0) is 8.85. The maximum absolute atomic E-state index is 10.7. The van der Waals surface area contributed by atoms with Gasteiger partial charge < -0.3 is 21.9 Å². The standard InChI is InChI=1S/C5H11N3O3/c6-1-3(7)4(9)2-8-5(10)11/h3,8H,1-2,6-7H2,(H,10,11). The summed E-state index contributed by atoms with van der Waals surface area (Å²) in [5.74, 6) is -0.407. The summed E-state index contributed by atoms with van der Waals surface area (Å²) in [5.41, 5.74) is 10.3. The smallest absolute Gasteiger partial charge is 0.405 e. The maximum Gasteiger partial charge on any atom is 0.405 e. The SMILES string of the molecule is NCC(N)C(=O)CNC(=O)O. The van der Waals surface area contributed by atoms with Gasteiger partial charge in [0.2, 0.25) is 0 Å². The van der Waals surface area contributed by atoms with Crippen LogP contribution in [0.3, 0.4) is 0 Å². The summed E-state index contributed by atoms with van der Waals surface area (Å²) in [5, 5.41) is 9.97. The lowest BCUT2D eigenvalue weighted by Crippen LogP contribution is -2.43. The highest BCUT2D eigenvalue weighted by molar-refractivity contribution is 5.88. The van der Waals surface area contributed by atoms with Gasteiger partial charge in [0.15, 0.2) is 5.78 Å². The molecule has 0 bridgehead atoms. The van der Waals surface area contributed by atoms with Crippen LogP contribution >= 0.6 is 0 Å². The third-order valence-electron chi connectivity index (χ3n) is 1.08. The molecule has 0 rings (SSSR count). The van der Waals surface area contributed by atoms with Gasteiger partial charge in [-0.15, -0.1) is 0 Å². The van der Waals surface area contributed by atoms with Crippen molar-refractivity contribution in [2.75, 3.05) is 13.1 Å². The molecule has 6 N–H and O–H groups in total. The summed E-state index contributed by atoms with van der Waals surface area (Å²) >= 11 is 0. The Kier molecular flexibility index (Phi) is 4.16. The molecule has 0 spiro atoms. The number of carboxylic acid groups (broad SMARTS) is 1. The molecule has 0 aromatic carbocycles. The molecular weight excluding hydrogens is 150 g/mol. The molecule has 0 saturated heterocycles. The van der Waals surface area contributed by atoms with E-state index >= 15 is 0 Å². The predicted molar refractivity (Wildman–Crippen MR) is 38.1 cm³/mol. The first-order valence-corrected chi connectivity index (χ1v) is 3.03. The van der Waals surface area contributed by atoms with Crippen molar-refractivity contribution in [1.82, 2.24) is 5.32 Å². The Morgan fingerprint density at radius 2 is 2.09 bits per heavy atom. The van der Waals surface area contributed by atoms with Gasteiger partial charge in [-0.2, -0.15) is 0 Å². The van der Waals surface area contributed by atoms with Crippen LogP contribution in [0.15, 0.2) is 0 Å². The summed E-state index contributed by atoms with van der Waals surface area (Å²) in [7, 11) is 0. The molecule has 0 aliphatic carbocycles. The van der Waals surface area contributed by atoms with Crippen LogP contribution in [0, 0.1) is 0 Å². The number of ketones is 1. The van der Waals surface area contributed by atoms with Crippen molar-refractivity contribution in [3.63, 3.8) is 0 Å². The van der Waals surface area contributed by atoms with Gasteiger partial charge in [0.25, 0.3) is 0 Å². The number of hydrogen-bond donors (Lipinski definition) is 4. The molecule has 1 unspecified atom stereocenters. The minimum Gasteiger partial charge on any atom is -0.465 e. The van der Waals surface area contributed by atoms with E-state index in [1.165, 1.54) is 0 Å². The highest BCUT2D eigenvalue weighted by Gasteiger charge is 2.11. The number of Topliss-reactive ketones (excluding diaryl/α,β-unsaturated/α-hetero) is 1. The molecule has 0 aliphatic heterocycles. The molecular formula is C5H11N3O3. The number of carbonyl (C=O) groups is 2. The number of amides is 1. The average Bonchev–Trinajstić information content (AvgIpc) is 1.98. The molecule has 0 heterocycles. The summed E-state index contributed by atoms with van der Waals surface area (Å²) in [6.07, 6.45) is -1.25. The maximum atomic E-state index is 10.7. The molecule has 0 saturated carbocycles. The second kappa shape index (κ2) is 4.64. The van der Waals surface area contributed by atoms with Crippen LogP contribution in [0.25, 0.3) is 0 Å². The highest BCUT2D eigenvalue weighted by atomic mass is 16.4. The molecule has 0 aromatic heterocycles. The first kappa shape index (κ1) is 9.86. The summed E-state index contributed by atoms with van der Waals surface area (Å²) in [6, 6.07) is -0.776. The molecule has 0 fully saturated rings. The fraction of sp³-hybridized carbons (Fsp3) is 0.600. The third-order valence-corrected chi connectivity index (χ3v) is 1.08. The van der Waals surface area contributed by atoms with Crippen LogP contribution < -0.4 is 16.8 Å². The van der Waals surface area contributed by atoms with E-state index in [0.29, 0.717) is 0 Å². The Morgan fingerprint density at radius 1 is 1.55 bits per heavy atom. The topological polar surface area (TPSA) is 118 Å². The number of hydrogen-bond acceptors (Lipinski definition) is 4. The fourth-order valence-electron chi connectivity index (χ4n) is 0.425. The van der Waals surface area contributed by atoms with Crippen molar-refractivity contribution < 1.29 is 14.7 Å². The first-order chi connectivity index (χ1) is 5.07. The van der Waals surface area contributed by atoms with Crippen molar-refractivity contribution in [3.8, 4) is 0 Å². The van der Waals surface area contributed by atoms with Crippen LogP contribution in [0.2, 0.25) is 0 Å². The average molecular weight is 161 g/mol. The second-order valence-electron chi connectivity index (χ2n) is 1.97. The van der Waals surface area contributed by atoms with Crippen molar-refractivity contribution in [1.29, 1.82) is 0 Å². The molecule has 1 amide bonds.